The van der Waals surface area contributed by atoms with E-state index in [4.69, 9.17) is 10.5 Å². The second-order valence-electron chi connectivity index (χ2n) is 4.19. The van der Waals surface area contributed by atoms with E-state index in [1.807, 2.05) is 12.1 Å². The lowest BCUT2D eigenvalue weighted by atomic mass is 9.99. The van der Waals surface area contributed by atoms with Crippen LogP contribution in [0.1, 0.15) is 27.6 Å². The zero-order chi connectivity index (χ0) is 12.7. The maximum atomic E-state index is 11.7. The van der Waals surface area contributed by atoms with Crippen molar-refractivity contribution in [1.29, 1.82) is 0 Å². The van der Waals surface area contributed by atoms with Crippen LogP contribution in [0, 0.1) is 0 Å². The number of esters is 1. The molecule has 3 N–H and O–H groups in total. The van der Waals surface area contributed by atoms with Gasteiger partial charge in [0, 0.05) is 5.56 Å². The highest BCUT2D eigenvalue weighted by molar-refractivity contribution is 5.94. The van der Waals surface area contributed by atoms with Gasteiger partial charge in [-0.15, -0.1) is 0 Å². The molecular formula is C14H11NO3. The number of nitrogen functional groups attached to an aromatic ring is 1. The first-order chi connectivity index (χ1) is 8.66. The quantitative estimate of drug-likeness (QED) is 0.456. The Hall–Kier alpha value is -2.49. The fourth-order valence-corrected chi connectivity index (χ4v) is 2.13. The summed E-state index contributed by atoms with van der Waals surface area (Å²) < 4.78 is 5.34. The predicted octanol–water partition coefficient (Wildman–Crippen LogP) is 2.23. The number of fused-ring (bicyclic) bond motifs is 1. The van der Waals surface area contributed by atoms with Crippen molar-refractivity contribution in [1.82, 2.24) is 0 Å². The fraction of sp³-hybridized carbons (Fsp3) is 0.0714. The number of hydrogen-bond donors (Lipinski definition) is 2. The molecule has 1 aliphatic heterocycles. The molecule has 0 saturated carbocycles. The average molecular weight is 241 g/mol. The number of aromatic hydroxyl groups is 1. The van der Waals surface area contributed by atoms with Gasteiger partial charge >= 0.3 is 5.97 Å². The van der Waals surface area contributed by atoms with Crippen molar-refractivity contribution in [3.63, 3.8) is 0 Å². The lowest BCUT2D eigenvalue weighted by Gasteiger charge is -2.12. The molecule has 0 fully saturated rings. The highest BCUT2D eigenvalue weighted by Gasteiger charge is 2.31. The summed E-state index contributed by atoms with van der Waals surface area (Å²) in [5.41, 5.74) is 8.08. The Bertz CT molecular complexity index is 637. The van der Waals surface area contributed by atoms with Gasteiger partial charge in [-0.2, -0.15) is 0 Å². The first kappa shape index (κ1) is 10.7. The number of nitrogens with two attached hydrogens (primary N) is 1. The Morgan fingerprint density at radius 2 is 1.94 bits per heavy atom. The standard InChI is InChI=1S/C14H11NO3/c15-11-7-8(5-6-12(11)16)13-9-3-1-2-4-10(9)14(17)18-13/h1-7,13,16H,15H2. The molecule has 2 aromatic carbocycles. The van der Waals surface area contributed by atoms with Crippen LogP contribution in [0.25, 0.3) is 0 Å². The van der Waals surface area contributed by atoms with Crippen LogP contribution in [-0.2, 0) is 4.74 Å². The molecule has 1 unspecified atom stereocenters. The maximum absolute atomic E-state index is 11.7. The zero-order valence-corrected chi connectivity index (χ0v) is 9.46. The number of ether oxygens (including phenoxy) is 1. The fourth-order valence-electron chi connectivity index (χ4n) is 2.13. The molecule has 0 spiro atoms. The first-order valence-electron chi connectivity index (χ1n) is 5.55. The van der Waals surface area contributed by atoms with Crippen molar-refractivity contribution in [2.45, 2.75) is 6.10 Å². The van der Waals surface area contributed by atoms with Gasteiger partial charge in [-0.05, 0) is 23.8 Å². The zero-order valence-electron chi connectivity index (χ0n) is 9.46. The summed E-state index contributed by atoms with van der Waals surface area (Å²) in [5.74, 6) is -0.307. The largest absolute Gasteiger partial charge is 0.506 e. The molecule has 1 aliphatic rings. The van der Waals surface area contributed by atoms with Crippen LogP contribution < -0.4 is 5.73 Å². The number of cyclic esters (lactones) is 1. The summed E-state index contributed by atoms with van der Waals surface area (Å²) >= 11 is 0. The van der Waals surface area contributed by atoms with E-state index in [2.05, 4.69) is 0 Å². The number of rotatable bonds is 1. The number of benzene rings is 2. The molecule has 18 heavy (non-hydrogen) atoms. The van der Waals surface area contributed by atoms with Crippen molar-refractivity contribution in [3.05, 3.63) is 59.2 Å². The number of carbonyl (C=O) groups is 1. The Kier molecular flexibility index (Phi) is 2.23. The molecule has 3 rings (SSSR count). The van der Waals surface area contributed by atoms with Gasteiger partial charge in [-0.3, -0.25) is 0 Å². The summed E-state index contributed by atoms with van der Waals surface area (Å²) in [5, 5.41) is 9.40. The van der Waals surface area contributed by atoms with Crippen LogP contribution in [0.15, 0.2) is 42.5 Å². The third kappa shape index (κ3) is 1.50. The number of phenolic OH excluding ortho intramolecular Hbond substituents is 1. The van der Waals surface area contributed by atoms with E-state index in [0.717, 1.165) is 11.1 Å². The molecule has 1 heterocycles. The number of phenols is 1. The molecule has 0 aliphatic carbocycles. The number of anilines is 1. The summed E-state index contributed by atoms with van der Waals surface area (Å²) in [6.07, 6.45) is -0.448. The molecule has 2 aromatic rings. The third-order valence-electron chi connectivity index (χ3n) is 3.04. The summed E-state index contributed by atoms with van der Waals surface area (Å²) in [6.45, 7) is 0. The van der Waals surface area contributed by atoms with E-state index in [0.29, 0.717) is 5.56 Å². The van der Waals surface area contributed by atoms with E-state index in [1.165, 1.54) is 6.07 Å². The van der Waals surface area contributed by atoms with Crippen LogP contribution in [0.3, 0.4) is 0 Å². The van der Waals surface area contributed by atoms with Crippen LogP contribution in [0.4, 0.5) is 5.69 Å². The maximum Gasteiger partial charge on any atom is 0.339 e. The van der Waals surface area contributed by atoms with Gasteiger partial charge < -0.3 is 15.6 Å². The molecule has 0 aromatic heterocycles. The minimum absolute atomic E-state index is 0.0244. The molecule has 0 bridgehead atoms. The highest BCUT2D eigenvalue weighted by Crippen LogP contribution is 2.37. The molecular weight excluding hydrogens is 230 g/mol. The molecule has 0 amide bonds. The molecule has 0 saturated heterocycles. The van der Waals surface area contributed by atoms with Crippen molar-refractivity contribution in [2.24, 2.45) is 0 Å². The Labute approximate surface area is 104 Å². The van der Waals surface area contributed by atoms with Crippen LogP contribution in [0.2, 0.25) is 0 Å². The lowest BCUT2D eigenvalue weighted by Crippen LogP contribution is -2.01. The van der Waals surface area contributed by atoms with Gasteiger partial charge in [0.05, 0.1) is 11.3 Å². The molecule has 90 valence electrons. The Balaban J connectivity index is 2.09. The predicted molar refractivity (Wildman–Crippen MR) is 66.2 cm³/mol. The molecule has 4 heteroatoms. The van der Waals surface area contributed by atoms with Crippen LogP contribution >= 0.6 is 0 Å². The molecule has 1 atom stereocenters. The van der Waals surface area contributed by atoms with Gasteiger partial charge in [0.1, 0.15) is 5.75 Å². The smallest absolute Gasteiger partial charge is 0.339 e. The third-order valence-corrected chi connectivity index (χ3v) is 3.04. The summed E-state index contributed by atoms with van der Waals surface area (Å²) in [4.78, 5) is 11.7. The van der Waals surface area contributed by atoms with Crippen LogP contribution in [-0.4, -0.2) is 11.1 Å². The Morgan fingerprint density at radius 1 is 1.17 bits per heavy atom. The van der Waals surface area contributed by atoms with Crippen molar-refractivity contribution < 1.29 is 14.6 Å². The van der Waals surface area contributed by atoms with Crippen molar-refractivity contribution in [3.8, 4) is 5.75 Å². The average Bonchev–Trinajstić information content (AvgIpc) is 2.71. The number of carbonyl (C=O) groups excluding carboxylic acids is 1. The monoisotopic (exact) mass is 241 g/mol. The molecule has 4 nitrogen and oxygen atoms in total. The van der Waals surface area contributed by atoms with E-state index in [9.17, 15) is 9.90 Å². The van der Waals surface area contributed by atoms with E-state index < -0.39 is 6.10 Å². The highest BCUT2D eigenvalue weighted by atomic mass is 16.5. The van der Waals surface area contributed by atoms with Gasteiger partial charge in [0.15, 0.2) is 6.10 Å². The SMILES string of the molecule is Nc1cc(C2OC(=O)c3ccccc32)ccc1O. The van der Waals surface area contributed by atoms with Crippen LogP contribution in [0.5, 0.6) is 5.75 Å². The van der Waals surface area contributed by atoms with E-state index in [-0.39, 0.29) is 17.4 Å². The minimum Gasteiger partial charge on any atom is -0.506 e. The normalized spacial score (nSPS) is 17.3. The van der Waals surface area contributed by atoms with Crippen molar-refractivity contribution in [2.75, 3.05) is 5.73 Å². The van der Waals surface area contributed by atoms with Crippen molar-refractivity contribution >= 4 is 11.7 Å². The topological polar surface area (TPSA) is 72.5 Å². The van der Waals surface area contributed by atoms with Gasteiger partial charge in [0.2, 0.25) is 0 Å². The summed E-state index contributed by atoms with van der Waals surface area (Å²) in [6, 6.07) is 12.1. The second kappa shape index (κ2) is 3.77. The number of hydrogen-bond acceptors (Lipinski definition) is 4. The van der Waals surface area contributed by atoms with Gasteiger partial charge in [-0.25, -0.2) is 4.79 Å². The molecule has 0 radical (unpaired) electrons. The van der Waals surface area contributed by atoms with Gasteiger partial charge in [0.25, 0.3) is 0 Å². The first-order valence-corrected chi connectivity index (χ1v) is 5.55. The van der Waals surface area contributed by atoms with E-state index >= 15 is 0 Å². The van der Waals surface area contributed by atoms with Gasteiger partial charge in [-0.1, -0.05) is 24.3 Å². The Morgan fingerprint density at radius 3 is 2.72 bits per heavy atom. The van der Waals surface area contributed by atoms with E-state index in [1.54, 1.807) is 24.3 Å². The summed E-state index contributed by atoms with van der Waals surface area (Å²) in [7, 11) is 0. The second-order valence-corrected chi connectivity index (χ2v) is 4.19. The lowest BCUT2D eigenvalue weighted by molar-refractivity contribution is 0.0456. The minimum atomic E-state index is -0.448.